The average molecular weight is 250 g/mol. The molecule has 1 aliphatic heterocycles. The van der Waals surface area contributed by atoms with Crippen LogP contribution in [0.15, 0.2) is 6.07 Å². The van der Waals surface area contributed by atoms with E-state index in [1.165, 1.54) is 0 Å². The second kappa shape index (κ2) is 6.00. The van der Waals surface area contributed by atoms with Gasteiger partial charge in [-0.2, -0.15) is 0 Å². The molecule has 5 nitrogen and oxygen atoms in total. The van der Waals surface area contributed by atoms with Crippen LogP contribution >= 0.6 is 0 Å². The zero-order chi connectivity index (χ0) is 13.0. The predicted octanol–water partition coefficient (Wildman–Crippen LogP) is 1.43. The number of aliphatic hydroxyl groups is 1. The van der Waals surface area contributed by atoms with Gasteiger partial charge in [0.2, 0.25) is 0 Å². The third kappa shape index (κ3) is 2.72. The Balaban J connectivity index is 2.27. The van der Waals surface area contributed by atoms with E-state index in [1.807, 2.05) is 6.07 Å². The van der Waals surface area contributed by atoms with Gasteiger partial charge < -0.3 is 15.3 Å². The molecule has 2 N–H and O–H groups in total. The van der Waals surface area contributed by atoms with E-state index < -0.39 is 0 Å². The quantitative estimate of drug-likeness (QED) is 0.828. The van der Waals surface area contributed by atoms with Gasteiger partial charge in [0.15, 0.2) is 0 Å². The number of rotatable bonds is 5. The summed E-state index contributed by atoms with van der Waals surface area (Å²) in [5.41, 5.74) is 0. The fraction of sp³-hybridized carbons (Fsp3) is 0.692. The normalized spacial score (nSPS) is 19.3. The van der Waals surface area contributed by atoms with Crippen LogP contribution in [0.1, 0.15) is 32.5 Å². The summed E-state index contributed by atoms with van der Waals surface area (Å²) >= 11 is 0. The van der Waals surface area contributed by atoms with Crippen LogP contribution in [0.4, 0.5) is 11.6 Å². The smallest absolute Gasteiger partial charge is 0.134 e. The molecule has 5 heteroatoms. The van der Waals surface area contributed by atoms with Crippen LogP contribution in [0.25, 0.3) is 0 Å². The molecule has 2 rings (SSSR count). The topological polar surface area (TPSA) is 61.3 Å². The van der Waals surface area contributed by atoms with Crippen molar-refractivity contribution in [2.75, 3.05) is 29.9 Å². The highest BCUT2D eigenvalue weighted by Crippen LogP contribution is 2.25. The summed E-state index contributed by atoms with van der Waals surface area (Å²) in [4.78, 5) is 11.2. The van der Waals surface area contributed by atoms with E-state index in [2.05, 4.69) is 34.0 Å². The van der Waals surface area contributed by atoms with Crippen molar-refractivity contribution >= 4 is 11.6 Å². The Bertz CT molecular complexity index is 397. The Labute approximate surface area is 108 Å². The minimum Gasteiger partial charge on any atom is -0.394 e. The summed E-state index contributed by atoms with van der Waals surface area (Å²) in [5, 5.41) is 12.6. The number of hydrogen-bond donors (Lipinski definition) is 2. The molecule has 1 aliphatic rings. The largest absolute Gasteiger partial charge is 0.394 e. The van der Waals surface area contributed by atoms with E-state index in [4.69, 9.17) is 0 Å². The Morgan fingerprint density at radius 3 is 2.94 bits per heavy atom. The second-order valence-electron chi connectivity index (χ2n) is 4.58. The number of anilines is 2. The Kier molecular flexibility index (Phi) is 4.36. The zero-order valence-electron chi connectivity index (χ0n) is 11.2. The lowest BCUT2D eigenvalue weighted by molar-refractivity contribution is 0.266. The van der Waals surface area contributed by atoms with Gasteiger partial charge in [-0.25, -0.2) is 9.97 Å². The van der Waals surface area contributed by atoms with E-state index in [9.17, 15) is 5.11 Å². The average Bonchev–Trinajstić information content (AvgIpc) is 2.87. The summed E-state index contributed by atoms with van der Waals surface area (Å²) < 4.78 is 0. The standard InChI is InChI=1S/C13H22N4O/c1-3-11-15-12(14-4-2)8-13(16-11)17-7-5-6-10(17)9-18/h8,10,18H,3-7,9H2,1-2H3,(H,14,15,16). The molecule has 0 aromatic carbocycles. The third-order valence-corrected chi connectivity index (χ3v) is 3.32. The molecular formula is C13H22N4O. The Morgan fingerprint density at radius 1 is 1.44 bits per heavy atom. The zero-order valence-corrected chi connectivity index (χ0v) is 11.2. The van der Waals surface area contributed by atoms with E-state index in [0.29, 0.717) is 0 Å². The van der Waals surface area contributed by atoms with Gasteiger partial charge in [-0.15, -0.1) is 0 Å². The Morgan fingerprint density at radius 2 is 2.28 bits per heavy atom. The molecule has 0 amide bonds. The molecule has 1 unspecified atom stereocenters. The second-order valence-corrected chi connectivity index (χ2v) is 4.58. The minimum atomic E-state index is 0.196. The van der Waals surface area contributed by atoms with Gasteiger partial charge in [0.05, 0.1) is 12.6 Å². The van der Waals surface area contributed by atoms with Crippen LogP contribution in [0.2, 0.25) is 0 Å². The Hall–Kier alpha value is -1.36. The van der Waals surface area contributed by atoms with Gasteiger partial charge in [-0.3, -0.25) is 0 Å². The SMILES string of the molecule is CCNc1cc(N2CCCC2CO)nc(CC)n1. The van der Waals surface area contributed by atoms with E-state index in [1.54, 1.807) is 0 Å². The third-order valence-electron chi connectivity index (χ3n) is 3.32. The highest BCUT2D eigenvalue weighted by molar-refractivity contribution is 5.50. The first-order valence-corrected chi connectivity index (χ1v) is 6.77. The molecule has 100 valence electrons. The molecule has 1 fully saturated rings. The van der Waals surface area contributed by atoms with Crippen molar-refractivity contribution < 1.29 is 5.11 Å². The molecule has 18 heavy (non-hydrogen) atoms. The van der Waals surface area contributed by atoms with E-state index in [-0.39, 0.29) is 12.6 Å². The first-order valence-electron chi connectivity index (χ1n) is 6.77. The van der Waals surface area contributed by atoms with Crippen molar-refractivity contribution in [1.29, 1.82) is 0 Å². The molecule has 1 atom stereocenters. The van der Waals surface area contributed by atoms with E-state index >= 15 is 0 Å². The van der Waals surface area contributed by atoms with Crippen molar-refractivity contribution in [1.82, 2.24) is 9.97 Å². The fourth-order valence-corrected chi connectivity index (χ4v) is 2.39. The van der Waals surface area contributed by atoms with Crippen LogP contribution in [0.3, 0.4) is 0 Å². The number of nitrogens with one attached hydrogen (secondary N) is 1. The summed E-state index contributed by atoms with van der Waals surface area (Å²) in [6.45, 7) is 6.13. The van der Waals surface area contributed by atoms with Crippen LogP contribution in [0, 0.1) is 0 Å². The number of aryl methyl sites for hydroxylation is 1. The van der Waals surface area contributed by atoms with Gasteiger partial charge in [0.25, 0.3) is 0 Å². The maximum Gasteiger partial charge on any atom is 0.134 e. The first kappa shape index (κ1) is 13.1. The van der Waals surface area contributed by atoms with Crippen LogP contribution in [-0.4, -0.2) is 40.8 Å². The lowest BCUT2D eigenvalue weighted by atomic mass is 10.2. The number of aromatic nitrogens is 2. The minimum absolute atomic E-state index is 0.196. The molecule has 0 spiro atoms. The number of aliphatic hydroxyl groups excluding tert-OH is 1. The summed E-state index contributed by atoms with van der Waals surface area (Å²) in [5.74, 6) is 2.67. The molecular weight excluding hydrogens is 228 g/mol. The molecule has 1 aromatic rings. The van der Waals surface area contributed by atoms with Crippen molar-refractivity contribution in [3.05, 3.63) is 11.9 Å². The van der Waals surface area contributed by atoms with Crippen molar-refractivity contribution in [2.24, 2.45) is 0 Å². The molecule has 0 saturated carbocycles. The van der Waals surface area contributed by atoms with Crippen LogP contribution in [0.5, 0.6) is 0 Å². The molecule has 1 saturated heterocycles. The maximum atomic E-state index is 9.40. The highest BCUT2D eigenvalue weighted by Gasteiger charge is 2.25. The molecule has 0 radical (unpaired) electrons. The number of hydrogen-bond acceptors (Lipinski definition) is 5. The van der Waals surface area contributed by atoms with Gasteiger partial charge in [-0.1, -0.05) is 6.92 Å². The summed E-state index contributed by atoms with van der Waals surface area (Å²) in [6.07, 6.45) is 2.98. The molecule has 0 bridgehead atoms. The predicted molar refractivity (Wildman–Crippen MR) is 73.0 cm³/mol. The van der Waals surface area contributed by atoms with Crippen molar-refractivity contribution in [2.45, 2.75) is 39.2 Å². The van der Waals surface area contributed by atoms with Gasteiger partial charge in [0.1, 0.15) is 17.5 Å². The van der Waals surface area contributed by atoms with Gasteiger partial charge in [-0.05, 0) is 19.8 Å². The summed E-state index contributed by atoms with van der Waals surface area (Å²) in [6, 6.07) is 2.19. The highest BCUT2D eigenvalue weighted by atomic mass is 16.3. The van der Waals surface area contributed by atoms with Gasteiger partial charge >= 0.3 is 0 Å². The van der Waals surface area contributed by atoms with Crippen molar-refractivity contribution in [3.8, 4) is 0 Å². The maximum absolute atomic E-state index is 9.40. The monoisotopic (exact) mass is 250 g/mol. The molecule has 1 aromatic heterocycles. The molecule has 2 heterocycles. The lowest BCUT2D eigenvalue weighted by Crippen LogP contribution is -2.33. The molecule has 0 aliphatic carbocycles. The van der Waals surface area contributed by atoms with E-state index in [0.717, 1.165) is 49.8 Å². The lowest BCUT2D eigenvalue weighted by Gasteiger charge is -2.24. The first-order chi connectivity index (χ1) is 8.78. The van der Waals surface area contributed by atoms with Crippen LogP contribution < -0.4 is 10.2 Å². The van der Waals surface area contributed by atoms with Gasteiger partial charge in [0, 0.05) is 25.6 Å². The fourth-order valence-electron chi connectivity index (χ4n) is 2.39. The summed E-state index contributed by atoms with van der Waals surface area (Å²) in [7, 11) is 0. The van der Waals surface area contributed by atoms with Crippen LogP contribution in [-0.2, 0) is 6.42 Å². The van der Waals surface area contributed by atoms with Crippen molar-refractivity contribution in [3.63, 3.8) is 0 Å². The number of nitrogens with zero attached hydrogens (tertiary/aromatic N) is 3.